The van der Waals surface area contributed by atoms with Gasteiger partial charge in [-0.05, 0) is 17.7 Å². The van der Waals surface area contributed by atoms with Crippen LogP contribution in [0.3, 0.4) is 0 Å². The van der Waals surface area contributed by atoms with Gasteiger partial charge in [0, 0.05) is 0 Å². The van der Waals surface area contributed by atoms with Crippen molar-refractivity contribution in [2.45, 2.75) is 69.6 Å². The Morgan fingerprint density at radius 3 is 2.06 bits per heavy atom. The molecular formula is C26H26F2N2O2Tl2. The van der Waals surface area contributed by atoms with Gasteiger partial charge in [-0.3, -0.25) is 0 Å². The maximum absolute atomic E-state index is 15.7. The predicted molar refractivity (Wildman–Crippen MR) is 127 cm³/mol. The van der Waals surface area contributed by atoms with Crippen LogP contribution >= 0.6 is 0 Å². The third kappa shape index (κ3) is 5.26. The summed E-state index contributed by atoms with van der Waals surface area (Å²) in [6.45, 7) is 1.51. The summed E-state index contributed by atoms with van der Waals surface area (Å²) >= 11 is 0.0322. The molecule has 0 spiro atoms. The molecule has 0 heterocycles. The van der Waals surface area contributed by atoms with E-state index in [-0.39, 0.29) is 69.5 Å². The van der Waals surface area contributed by atoms with Crippen molar-refractivity contribution in [1.82, 2.24) is 4.90 Å². The number of hydrogen-bond acceptors (Lipinski definition) is 3. The number of nitriles is 1. The standard InChI is InChI=1S/C26H26F2N2O2.2Tl/c1-25(32,17-27)20-8-4-19(5-9-20)24(31)30(22-10-11-22)23-12-14-26(28,15-13-23)21-6-2-18(16-29)3-7-21;;/h2-9,22-23,32H,10-15H2,1H3;;/t23?,25-,26?;;/m1../s1. The van der Waals surface area contributed by atoms with Gasteiger partial charge in [0.1, 0.15) is 0 Å². The second-order valence-electron chi connectivity index (χ2n) is 9.75. The van der Waals surface area contributed by atoms with Crippen molar-refractivity contribution in [3.8, 4) is 6.07 Å². The molecule has 2 fully saturated rings. The van der Waals surface area contributed by atoms with Crippen LogP contribution in [-0.4, -0.2) is 80.3 Å². The van der Waals surface area contributed by atoms with E-state index in [9.17, 15) is 14.3 Å². The fourth-order valence-corrected chi connectivity index (χ4v) is 6.06. The number of alkyl halides is 2. The number of aliphatic hydroxyl groups is 1. The molecule has 0 saturated heterocycles. The van der Waals surface area contributed by atoms with E-state index in [1.165, 1.54) is 6.92 Å². The molecule has 0 unspecified atom stereocenters. The van der Waals surface area contributed by atoms with Crippen molar-refractivity contribution >= 4 is 57.4 Å². The summed E-state index contributed by atoms with van der Waals surface area (Å²) in [7, 11) is 0. The summed E-state index contributed by atoms with van der Waals surface area (Å²) in [5.41, 5.74) is -0.842. The maximum atomic E-state index is 15.7. The molecule has 0 aromatic heterocycles. The molecule has 0 radical (unpaired) electrons. The van der Waals surface area contributed by atoms with E-state index in [4.69, 9.17) is 5.26 Å². The van der Waals surface area contributed by atoms with Crippen LogP contribution in [0.2, 0.25) is 0 Å². The molecule has 4 nitrogen and oxygen atoms in total. The van der Waals surface area contributed by atoms with Gasteiger partial charge in [0.15, 0.2) is 0 Å². The first-order valence-electron chi connectivity index (χ1n) is 11.6. The first-order valence-corrected chi connectivity index (χ1v) is 16.1. The van der Waals surface area contributed by atoms with Gasteiger partial charge in [-0.2, -0.15) is 5.26 Å². The minimum absolute atomic E-state index is 0.0161. The average Bonchev–Trinajstić information content (AvgIpc) is 3.65. The van der Waals surface area contributed by atoms with Crippen molar-refractivity contribution in [3.63, 3.8) is 0 Å². The summed E-state index contributed by atoms with van der Waals surface area (Å²) in [5.74, 6) is -0.0737. The topological polar surface area (TPSA) is 64.3 Å². The molecule has 8 heteroatoms. The third-order valence-corrected chi connectivity index (χ3v) is 11.7. The SMILES string of the molecule is C[C@](O)(c1ccc(C(=O)N(C2CC2)C2CCC(F)(c3ccc(C#N)cc3)CC2)cc1)[C](F)([Tl])[Tl]. The number of benzene rings is 2. The zero-order chi connectivity index (χ0) is 24.7. The molecular weight excluding hydrogens is 819 g/mol. The van der Waals surface area contributed by atoms with Crippen molar-refractivity contribution < 1.29 is 18.7 Å². The van der Waals surface area contributed by atoms with Crippen molar-refractivity contribution in [3.05, 3.63) is 70.8 Å². The number of carbonyl (C=O) groups excluding carboxylic acids is 1. The van der Waals surface area contributed by atoms with Gasteiger partial charge in [0.25, 0.3) is 0 Å². The van der Waals surface area contributed by atoms with E-state index in [1.807, 2.05) is 4.90 Å². The number of halogens is 2. The molecule has 0 aliphatic heterocycles. The molecule has 2 aliphatic carbocycles. The Labute approximate surface area is 231 Å². The third-order valence-electron chi connectivity index (χ3n) is 7.29. The molecule has 2 aliphatic rings. The monoisotopic (exact) mass is 846 g/mol. The molecule has 4 rings (SSSR count). The van der Waals surface area contributed by atoms with E-state index in [0.717, 1.165) is 12.8 Å². The van der Waals surface area contributed by atoms with Gasteiger partial charge in [-0.25, -0.2) is 4.39 Å². The molecule has 34 heavy (non-hydrogen) atoms. The molecule has 172 valence electrons. The van der Waals surface area contributed by atoms with E-state index >= 15 is 4.39 Å². The normalized spacial score (nSPS) is 24.6. The van der Waals surface area contributed by atoms with Gasteiger partial charge < -0.3 is 0 Å². The number of amides is 1. The van der Waals surface area contributed by atoms with Crippen molar-refractivity contribution in [2.75, 3.05) is 0 Å². The van der Waals surface area contributed by atoms with E-state index in [2.05, 4.69) is 6.07 Å². The first-order chi connectivity index (χ1) is 16.0. The molecule has 2 aromatic carbocycles. The molecule has 1 atom stereocenters. The van der Waals surface area contributed by atoms with E-state index < -0.39 is 12.1 Å². The summed E-state index contributed by atoms with van der Waals surface area (Å²) in [6.07, 6.45) is 3.75. The zero-order valence-corrected chi connectivity index (χ0v) is 28.2. The fourth-order valence-electron chi connectivity index (χ4n) is 4.76. The van der Waals surface area contributed by atoms with Crippen LogP contribution in [0.4, 0.5) is 8.78 Å². The summed E-state index contributed by atoms with van der Waals surface area (Å²) in [4.78, 5) is 15.4. The van der Waals surface area contributed by atoms with Crippen LogP contribution in [-0.2, 0) is 11.3 Å². The van der Waals surface area contributed by atoms with Crippen LogP contribution in [0, 0.1) is 11.3 Å². The summed E-state index contributed by atoms with van der Waals surface area (Å²) < 4.78 is 28.8. The van der Waals surface area contributed by atoms with Gasteiger partial charge in [0.2, 0.25) is 0 Å². The molecule has 1 amide bonds. The Balaban J connectivity index is 1.48. The number of carbonyl (C=O) groups is 1. The van der Waals surface area contributed by atoms with Crippen LogP contribution in [0.25, 0.3) is 0 Å². The fraction of sp³-hybridized carbons (Fsp3) is 0.462. The van der Waals surface area contributed by atoms with Crippen LogP contribution in [0.15, 0.2) is 48.5 Å². The number of rotatable bonds is 6. The van der Waals surface area contributed by atoms with Crippen LogP contribution in [0.5, 0.6) is 0 Å². The Morgan fingerprint density at radius 1 is 1.06 bits per heavy atom. The van der Waals surface area contributed by atoms with Crippen LogP contribution < -0.4 is 0 Å². The van der Waals surface area contributed by atoms with E-state index in [0.29, 0.717) is 47.9 Å². The molecule has 2 aromatic rings. The van der Waals surface area contributed by atoms with Gasteiger partial charge in [-0.15, -0.1) is 0 Å². The van der Waals surface area contributed by atoms with Gasteiger partial charge >= 0.3 is 182 Å². The Morgan fingerprint density at radius 2 is 1.59 bits per heavy atom. The van der Waals surface area contributed by atoms with Gasteiger partial charge in [-0.1, -0.05) is 12.1 Å². The Kier molecular flexibility index (Phi) is 7.57. The minimum atomic E-state index is -1.53. The van der Waals surface area contributed by atoms with Crippen molar-refractivity contribution in [2.24, 2.45) is 0 Å². The Hall–Kier alpha value is -0.936. The van der Waals surface area contributed by atoms with Crippen LogP contribution in [0.1, 0.15) is 72.5 Å². The van der Waals surface area contributed by atoms with E-state index in [1.54, 1.807) is 48.5 Å². The predicted octanol–water partition coefficient (Wildman–Crippen LogP) is 4.14. The van der Waals surface area contributed by atoms with Gasteiger partial charge in [0.05, 0.1) is 11.6 Å². The van der Waals surface area contributed by atoms with Crippen molar-refractivity contribution in [1.29, 1.82) is 5.26 Å². The zero-order valence-electron chi connectivity index (χ0n) is 19.2. The molecule has 2 saturated carbocycles. The molecule has 1 N–H and O–H groups in total. The summed E-state index contributed by atoms with van der Waals surface area (Å²) in [5, 5.41) is 19.7. The number of hydrogen-bond donors (Lipinski definition) is 1. The second-order valence-corrected chi connectivity index (χ2v) is 26.4. The molecule has 0 bridgehead atoms. The summed E-state index contributed by atoms with van der Waals surface area (Å²) in [6, 6.07) is 15.6. The average molecular weight is 845 g/mol. The number of nitrogens with zero attached hydrogens (tertiary/aromatic N) is 2. The first kappa shape index (κ1) is 26.1. The Bertz CT molecular complexity index is 1080. The second kappa shape index (κ2) is 9.84. The quantitative estimate of drug-likeness (QED) is 0.446.